The molecule has 8 nitrogen and oxygen atoms in total. The van der Waals surface area contributed by atoms with Gasteiger partial charge in [-0.15, -0.1) is 10.2 Å². The highest BCUT2D eigenvalue weighted by Crippen LogP contribution is 2.19. The van der Waals surface area contributed by atoms with Gasteiger partial charge < -0.3 is 13.5 Å². The molecular weight excluding hydrogens is 330 g/mol. The number of anilines is 1. The predicted octanol–water partition coefficient (Wildman–Crippen LogP) is 2.76. The van der Waals surface area contributed by atoms with Crippen molar-refractivity contribution in [1.82, 2.24) is 19.9 Å². The number of aromatic nitrogens is 4. The normalized spacial score (nSPS) is 11.1. The Morgan fingerprint density at radius 3 is 3.04 bits per heavy atom. The summed E-state index contributed by atoms with van der Waals surface area (Å²) in [5, 5.41) is 15.1. The first-order chi connectivity index (χ1) is 11.6. The number of carbonyl (C=O) groups excluding carboxylic acids is 1. The van der Waals surface area contributed by atoms with Gasteiger partial charge >= 0.3 is 0 Å². The fourth-order valence-corrected chi connectivity index (χ4v) is 2.67. The SMILES string of the molecule is CC(C)c1cc(NC(=O)CSc2nncn2Cc2ccco2)on1. The van der Waals surface area contributed by atoms with E-state index in [9.17, 15) is 4.79 Å². The molecule has 0 aromatic carbocycles. The Balaban J connectivity index is 1.53. The van der Waals surface area contributed by atoms with Crippen molar-refractivity contribution in [2.45, 2.75) is 31.5 Å². The van der Waals surface area contributed by atoms with Gasteiger partial charge in [-0.05, 0) is 18.1 Å². The molecule has 0 atom stereocenters. The van der Waals surface area contributed by atoms with Gasteiger partial charge in [-0.3, -0.25) is 10.1 Å². The van der Waals surface area contributed by atoms with Gasteiger partial charge in [0.05, 0.1) is 24.3 Å². The molecule has 1 N–H and O–H groups in total. The molecule has 9 heteroatoms. The van der Waals surface area contributed by atoms with E-state index in [1.165, 1.54) is 11.8 Å². The Morgan fingerprint density at radius 1 is 1.46 bits per heavy atom. The summed E-state index contributed by atoms with van der Waals surface area (Å²) in [7, 11) is 0. The number of nitrogens with one attached hydrogen (secondary N) is 1. The summed E-state index contributed by atoms with van der Waals surface area (Å²) in [6, 6.07) is 5.42. The van der Waals surface area contributed by atoms with Crippen LogP contribution in [0.25, 0.3) is 0 Å². The summed E-state index contributed by atoms with van der Waals surface area (Å²) in [5.74, 6) is 1.38. The third-order valence-corrected chi connectivity index (χ3v) is 4.18. The molecule has 0 radical (unpaired) electrons. The molecule has 0 bridgehead atoms. The minimum absolute atomic E-state index is 0.189. The summed E-state index contributed by atoms with van der Waals surface area (Å²) >= 11 is 1.29. The van der Waals surface area contributed by atoms with E-state index in [1.807, 2.05) is 30.5 Å². The lowest BCUT2D eigenvalue weighted by Gasteiger charge is -2.04. The summed E-state index contributed by atoms with van der Waals surface area (Å²) < 4.78 is 12.2. The fraction of sp³-hybridized carbons (Fsp3) is 0.333. The Hall–Kier alpha value is -2.55. The van der Waals surface area contributed by atoms with Crippen LogP contribution in [0.4, 0.5) is 5.88 Å². The van der Waals surface area contributed by atoms with Crippen LogP contribution in [0.2, 0.25) is 0 Å². The number of rotatable bonds is 7. The van der Waals surface area contributed by atoms with Crippen LogP contribution in [-0.2, 0) is 11.3 Å². The molecular formula is C15H17N5O3S. The van der Waals surface area contributed by atoms with Gasteiger partial charge in [-0.25, -0.2) is 0 Å². The molecule has 0 saturated carbocycles. The summed E-state index contributed by atoms with van der Waals surface area (Å²) in [5.41, 5.74) is 0.802. The number of amides is 1. The van der Waals surface area contributed by atoms with Gasteiger partial charge in [0.15, 0.2) is 5.16 Å². The van der Waals surface area contributed by atoms with Crippen molar-refractivity contribution in [3.63, 3.8) is 0 Å². The van der Waals surface area contributed by atoms with Crippen molar-refractivity contribution in [3.05, 3.63) is 42.2 Å². The van der Waals surface area contributed by atoms with E-state index in [1.54, 1.807) is 18.7 Å². The van der Waals surface area contributed by atoms with Crippen molar-refractivity contribution >= 4 is 23.6 Å². The lowest BCUT2D eigenvalue weighted by atomic mass is 10.1. The lowest BCUT2D eigenvalue weighted by Crippen LogP contribution is -2.14. The average Bonchev–Trinajstić information content (AvgIpc) is 3.27. The fourth-order valence-electron chi connectivity index (χ4n) is 1.96. The zero-order valence-corrected chi connectivity index (χ0v) is 14.1. The van der Waals surface area contributed by atoms with E-state index < -0.39 is 0 Å². The summed E-state index contributed by atoms with van der Waals surface area (Å²) in [6.45, 7) is 4.53. The van der Waals surface area contributed by atoms with Crippen LogP contribution in [0.5, 0.6) is 0 Å². The highest BCUT2D eigenvalue weighted by atomic mass is 32.2. The van der Waals surface area contributed by atoms with Gasteiger partial charge in [-0.2, -0.15) is 0 Å². The molecule has 3 aromatic rings. The van der Waals surface area contributed by atoms with Crippen molar-refractivity contribution in [1.29, 1.82) is 0 Å². The molecule has 3 rings (SSSR count). The standard InChI is InChI=1S/C15H17N5O3S/c1-10(2)12-6-14(23-19-12)17-13(21)8-24-15-18-16-9-20(15)7-11-4-3-5-22-11/h3-6,9-10H,7-8H2,1-2H3,(H,17,21). The monoisotopic (exact) mass is 347 g/mol. The molecule has 0 spiro atoms. The van der Waals surface area contributed by atoms with E-state index in [0.717, 1.165) is 11.5 Å². The second kappa shape index (κ2) is 7.35. The van der Waals surface area contributed by atoms with Crippen LogP contribution >= 0.6 is 11.8 Å². The maximum atomic E-state index is 12.0. The highest BCUT2D eigenvalue weighted by Gasteiger charge is 2.13. The second-order valence-corrected chi connectivity index (χ2v) is 6.37. The quantitative estimate of drug-likeness (QED) is 0.656. The molecule has 3 aromatic heterocycles. The zero-order valence-electron chi connectivity index (χ0n) is 13.3. The smallest absolute Gasteiger partial charge is 0.237 e. The number of nitrogens with zero attached hydrogens (tertiary/aromatic N) is 4. The molecule has 0 fully saturated rings. The Morgan fingerprint density at radius 2 is 2.33 bits per heavy atom. The Labute approximate surface area is 142 Å². The minimum Gasteiger partial charge on any atom is -0.467 e. The van der Waals surface area contributed by atoms with Crippen molar-refractivity contribution in [3.8, 4) is 0 Å². The van der Waals surface area contributed by atoms with Crippen molar-refractivity contribution in [2.24, 2.45) is 0 Å². The van der Waals surface area contributed by atoms with Crippen LogP contribution in [0.15, 0.2) is 44.9 Å². The molecule has 0 aliphatic rings. The van der Waals surface area contributed by atoms with Crippen LogP contribution in [0.1, 0.15) is 31.2 Å². The molecule has 0 aliphatic carbocycles. The highest BCUT2D eigenvalue weighted by molar-refractivity contribution is 7.99. The van der Waals surface area contributed by atoms with Crippen molar-refractivity contribution < 1.29 is 13.7 Å². The average molecular weight is 347 g/mol. The topological polar surface area (TPSA) is 99.0 Å². The lowest BCUT2D eigenvalue weighted by molar-refractivity contribution is -0.113. The van der Waals surface area contributed by atoms with Gasteiger partial charge in [0.25, 0.3) is 0 Å². The Kier molecular flexibility index (Phi) is 4.99. The number of thioether (sulfide) groups is 1. The Bertz CT molecular complexity index is 794. The number of furan rings is 1. The molecule has 1 amide bonds. The van der Waals surface area contributed by atoms with Gasteiger partial charge in [-0.1, -0.05) is 30.8 Å². The van der Waals surface area contributed by atoms with Gasteiger partial charge in [0.1, 0.15) is 12.1 Å². The second-order valence-electron chi connectivity index (χ2n) is 5.43. The van der Waals surface area contributed by atoms with Crippen LogP contribution in [0, 0.1) is 0 Å². The third-order valence-electron chi connectivity index (χ3n) is 3.20. The maximum absolute atomic E-state index is 12.0. The van der Waals surface area contributed by atoms with E-state index in [-0.39, 0.29) is 17.6 Å². The maximum Gasteiger partial charge on any atom is 0.237 e. The first kappa shape index (κ1) is 16.3. The van der Waals surface area contributed by atoms with Crippen LogP contribution in [0.3, 0.4) is 0 Å². The molecule has 0 unspecified atom stereocenters. The van der Waals surface area contributed by atoms with Gasteiger partial charge in [0.2, 0.25) is 11.8 Å². The summed E-state index contributed by atoms with van der Waals surface area (Å²) in [6.07, 6.45) is 3.22. The van der Waals surface area contributed by atoms with E-state index in [0.29, 0.717) is 17.6 Å². The van der Waals surface area contributed by atoms with Gasteiger partial charge in [0, 0.05) is 6.07 Å². The first-order valence-corrected chi connectivity index (χ1v) is 8.40. The molecule has 3 heterocycles. The van der Waals surface area contributed by atoms with E-state index >= 15 is 0 Å². The number of carbonyl (C=O) groups is 1. The van der Waals surface area contributed by atoms with Crippen molar-refractivity contribution in [2.75, 3.05) is 11.1 Å². The molecule has 0 aliphatic heterocycles. The van der Waals surface area contributed by atoms with Crippen LogP contribution in [-0.4, -0.2) is 31.6 Å². The molecule has 0 saturated heterocycles. The largest absolute Gasteiger partial charge is 0.467 e. The molecule has 24 heavy (non-hydrogen) atoms. The summed E-state index contributed by atoms with van der Waals surface area (Å²) in [4.78, 5) is 12.0. The van der Waals surface area contributed by atoms with Crippen LogP contribution < -0.4 is 5.32 Å². The number of hydrogen-bond acceptors (Lipinski definition) is 7. The van der Waals surface area contributed by atoms with E-state index in [2.05, 4.69) is 20.7 Å². The molecule has 126 valence electrons. The number of hydrogen-bond donors (Lipinski definition) is 1. The predicted molar refractivity (Wildman–Crippen MR) is 87.8 cm³/mol. The first-order valence-electron chi connectivity index (χ1n) is 7.41. The van der Waals surface area contributed by atoms with E-state index in [4.69, 9.17) is 8.94 Å². The zero-order chi connectivity index (χ0) is 16.9. The third kappa shape index (κ3) is 4.05. The minimum atomic E-state index is -0.195.